The molecule has 0 saturated carbocycles. The van der Waals surface area contributed by atoms with Gasteiger partial charge in [-0.15, -0.1) is 0 Å². The second kappa shape index (κ2) is 9.31. The summed E-state index contributed by atoms with van der Waals surface area (Å²) in [5.41, 5.74) is 2.66. The van der Waals surface area contributed by atoms with Crippen molar-refractivity contribution >= 4 is 22.3 Å². The number of ketones is 1. The molecule has 41 heavy (non-hydrogen) atoms. The van der Waals surface area contributed by atoms with Gasteiger partial charge in [-0.25, -0.2) is 0 Å². The van der Waals surface area contributed by atoms with Gasteiger partial charge in [-0.3, -0.25) is 9.59 Å². The molecule has 3 heterocycles. The van der Waals surface area contributed by atoms with E-state index in [2.05, 4.69) is 0 Å². The highest BCUT2D eigenvalue weighted by molar-refractivity contribution is 6.06. The molecule has 0 bridgehead atoms. The van der Waals surface area contributed by atoms with Gasteiger partial charge in [0.05, 0.1) is 0 Å². The summed E-state index contributed by atoms with van der Waals surface area (Å²) in [5, 5.41) is 50.6. The molecular weight excluding hydrogens is 532 g/mol. The van der Waals surface area contributed by atoms with Crippen LogP contribution in [0.25, 0.3) is 16.5 Å². The lowest BCUT2D eigenvalue weighted by molar-refractivity contribution is -0.114. The Morgan fingerprint density at radius 1 is 0.927 bits per heavy atom. The van der Waals surface area contributed by atoms with Gasteiger partial charge < -0.3 is 39.4 Å². The van der Waals surface area contributed by atoms with Crippen molar-refractivity contribution in [1.82, 2.24) is 0 Å². The van der Waals surface area contributed by atoms with Crippen molar-refractivity contribution in [3.8, 4) is 23.0 Å². The van der Waals surface area contributed by atoms with Crippen LogP contribution in [0.3, 0.4) is 0 Å². The van der Waals surface area contributed by atoms with Crippen LogP contribution in [0.2, 0.25) is 0 Å². The zero-order valence-electron chi connectivity index (χ0n) is 22.1. The monoisotopic (exact) mass is 558 g/mol. The van der Waals surface area contributed by atoms with E-state index >= 15 is 0 Å². The van der Waals surface area contributed by atoms with Crippen LogP contribution < -0.4 is 10.2 Å². The Balaban J connectivity index is 0.000000149. The first-order valence-corrected chi connectivity index (χ1v) is 12.9. The molecule has 7 rings (SSSR count). The molecule has 1 unspecified atom stereocenters. The average molecular weight is 559 g/mol. The van der Waals surface area contributed by atoms with Gasteiger partial charge in [0, 0.05) is 35.3 Å². The number of aliphatic hydroxyl groups is 2. The minimum absolute atomic E-state index is 0.0348. The van der Waals surface area contributed by atoms with E-state index in [1.165, 1.54) is 30.4 Å². The molecule has 210 valence electrons. The molecule has 4 aliphatic rings. The van der Waals surface area contributed by atoms with E-state index in [0.717, 1.165) is 5.57 Å². The second-order valence-electron chi connectivity index (χ2n) is 10.5. The first-order valence-electron chi connectivity index (χ1n) is 12.9. The predicted molar refractivity (Wildman–Crippen MR) is 147 cm³/mol. The molecule has 10 heteroatoms. The van der Waals surface area contributed by atoms with Crippen LogP contribution in [0.1, 0.15) is 29.4 Å². The number of hydrogen-bond donors (Lipinski definition) is 5. The van der Waals surface area contributed by atoms with Crippen molar-refractivity contribution in [2.45, 2.75) is 32.3 Å². The minimum Gasteiger partial charge on any atom is -0.507 e. The average Bonchev–Trinajstić information content (AvgIpc) is 3.06. The van der Waals surface area contributed by atoms with Crippen LogP contribution in [0.5, 0.6) is 23.0 Å². The van der Waals surface area contributed by atoms with Crippen LogP contribution in [0.15, 0.2) is 74.4 Å². The molecule has 2 aliphatic heterocycles. The summed E-state index contributed by atoms with van der Waals surface area (Å²) in [5.74, 6) is -0.528. The molecule has 1 aromatic heterocycles. The Labute approximate surface area is 233 Å². The Hall–Kier alpha value is -4.96. The Kier molecular flexibility index (Phi) is 5.97. The summed E-state index contributed by atoms with van der Waals surface area (Å²) in [6.07, 6.45) is 5.44. The number of aliphatic hydroxyl groups excluding tert-OH is 1. The normalized spacial score (nSPS) is 20.6. The molecule has 5 N–H and O–H groups in total. The Morgan fingerprint density at radius 3 is 2.46 bits per heavy atom. The maximum absolute atomic E-state index is 12.0. The Bertz CT molecular complexity index is 1850. The summed E-state index contributed by atoms with van der Waals surface area (Å²) in [4.78, 5) is 23.5. The van der Waals surface area contributed by atoms with Gasteiger partial charge >= 0.3 is 0 Å². The number of carbonyl (C=O) groups is 1. The van der Waals surface area contributed by atoms with Gasteiger partial charge in [0.25, 0.3) is 0 Å². The topological polar surface area (TPSA) is 167 Å². The summed E-state index contributed by atoms with van der Waals surface area (Å²) >= 11 is 0. The number of benzene rings is 2. The largest absolute Gasteiger partial charge is 0.507 e. The lowest BCUT2D eigenvalue weighted by Crippen LogP contribution is -2.39. The molecule has 3 aromatic rings. The number of ether oxygens (including phenoxy) is 2. The minimum atomic E-state index is -1.33. The van der Waals surface area contributed by atoms with Crippen LogP contribution in [-0.4, -0.2) is 50.1 Å². The number of allylic oxidation sites excluding steroid dienone is 3. The quantitative estimate of drug-likeness (QED) is 0.202. The van der Waals surface area contributed by atoms with E-state index in [0.29, 0.717) is 58.0 Å². The molecule has 0 saturated heterocycles. The molecule has 10 nitrogen and oxygen atoms in total. The van der Waals surface area contributed by atoms with Crippen LogP contribution in [0.4, 0.5) is 0 Å². The number of hydrogen-bond acceptors (Lipinski definition) is 10. The van der Waals surface area contributed by atoms with Crippen molar-refractivity contribution in [2.75, 3.05) is 13.2 Å². The first-order chi connectivity index (χ1) is 19.5. The smallest absolute Gasteiger partial charge is 0.224 e. The third-order valence-electron chi connectivity index (χ3n) is 7.53. The van der Waals surface area contributed by atoms with Crippen LogP contribution in [-0.2, 0) is 22.4 Å². The van der Waals surface area contributed by atoms with E-state index in [1.807, 2.05) is 13.0 Å². The molecule has 0 fully saturated rings. The van der Waals surface area contributed by atoms with E-state index in [-0.39, 0.29) is 46.9 Å². The highest BCUT2D eigenvalue weighted by atomic mass is 16.5. The predicted octanol–water partition coefficient (Wildman–Crippen LogP) is 3.77. The molecule has 0 spiro atoms. The number of phenolic OH excluding ortho intramolecular Hbond substituents is 3. The fraction of sp³-hybridized carbons (Fsp3) is 0.226. The van der Waals surface area contributed by atoms with Gasteiger partial charge in [-0.2, -0.15) is 0 Å². The van der Waals surface area contributed by atoms with Gasteiger partial charge in [-0.05, 0) is 61.3 Å². The van der Waals surface area contributed by atoms with Gasteiger partial charge in [0.1, 0.15) is 47.0 Å². The third-order valence-corrected chi connectivity index (χ3v) is 7.53. The SMILES string of the molecule is CC1=CCc2c(cc3oc(C)cc(=O)c3c2O)OC1.O=C1C=CC2=C3c4cc(O)c(O)cc4CC3(O)COC2=C1O. The van der Waals surface area contributed by atoms with Crippen molar-refractivity contribution in [1.29, 1.82) is 0 Å². The van der Waals surface area contributed by atoms with Crippen molar-refractivity contribution in [3.63, 3.8) is 0 Å². The summed E-state index contributed by atoms with van der Waals surface area (Å²) < 4.78 is 16.5. The van der Waals surface area contributed by atoms with Crippen LogP contribution in [0, 0.1) is 6.92 Å². The second-order valence-corrected chi connectivity index (χ2v) is 10.5. The van der Waals surface area contributed by atoms with E-state index in [9.17, 15) is 35.1 Å². The molecule has 1 atom stereocenters. The highest BCUT2D eigenvalue weighted by Crippen LogP contribution is 2.50. The highest BCUT2D eigenvalue weighted by Gasteiger charge is 2.47. The number of aryl methyl sites for hydroxylation is 1. The zero-order valence-corrected chi connectivity index (χ0v) is 22.1. The molecule has 2 aliphatic carbocycles. The fourth-order valence-electron chi connectivity index (χ4n) is 5.55. The molecule has 2 aromatic carbocycles. The lowest BCUT2D eigenvalue weighted by atomic mass is 9.85. The van der Waals surface area contributed by atoms with Gasteiger partial charge in [-0.1, -0.05) is 6.08 Å². The van der Waals surface area contributed by atoms with Crippen molar-refractivity contribution < 1.29 is 44.2 Å². The molecule has 0 radical (unpaired) electrons. The standard InChI is InChI=1S/C16H12O6.C15H14O4/c17-10-2-1-8-13-9-4-12(19)11(18)3-7(9)5-16(13,21)6-22-15(8)14(10)20;1-8-3-4-10-12(18-7-8)6-13-14(15(10)17)11(16)5-9(2)19-13/h1-4,18-21H,5-6H2;3,5-6,17H,4,7H2,1-2H3. The lowest BCUT2D eigenvalue weighted by Gasteiger charge is -2.33. The maximum atomic E-state index is 12.0. The van der Waals surface area contributed by atoms with Crippen molar-refractivity contribution in [3.05, 3.63) is 97.8 Å². The molecular formula is C31H26O10. The Morgan fingerprint density at radius 2 is 1.68 bits per heavy atom. The summed E-state index contributed by atoms with van der Waals surface area (Å²) in [7, 11) is 0. The summed E-state index contributed by atoms with van der Waals surface area (Å²) in [6, 6.07) is 5.84. The van der Waals surface area contributed by atoms with Crippen LogP contribution >= 0.6 is 0 Å². The van der Waals surface area contributed by atoms with Crippen molar-refractivity contribution in [2.24, 2.45) is 0 Å². The number of aromatic hydroxyl groups is 3. The first kappa shape index (κ1) is 26.3. The third kappa shape index (κ3) is 4.23. The maximum Gasteiger partial charge on any atom is 0.224 e. The van der Waals surface area contributed by atoms with E-state index in [4.69, 9.17) is 13.9 Å². The summed E-state index contributed by atoms with van der Waals surface area (Å²) in [6.45, 7) is 4.03. The fourth-order valence-corrected chi connectivity index (χ4v) is 5.55. The number of fused-ring (bicyclic) bond motifs is 6. The molecule has 0 amide bonds. The zero-order chi connectivity index (χ0) is 29.2. The van der Waals surface area contributed by atoms with E-state index < -0.39 is 17.1 Å². The number of phenols is 3. The van der Waals surface area contributed by atoms with E-state index in [1.54, 1.807) is 13.0 Å². The van der Waals surface area contributed by atoms with Gasteiger partial charge in [0.15, 0.2) is 22.7 Å². The van der Waals surface area contributed by atoms with Gasteiger partial charge in [0.2, 0.25) is 11.5 Å². The number of carbonyl (C=O) groups excluding carboxylic acids is 1. The number of rotatable bonds is 0.